The molecule has 2 radical (unpaired) electrons. The molecule has 0 amide bonds. The highest BCUT2D eigenvalue weighted by molar-refractivity contribution is 6.33. The second-order valence-electron chi connectivity index (χ2n) is 5.68. The van der Waals surface area contributed by atoms with E-state index in [1.54, 1.807) is 6.07 Å². The molecule has 1 fully saturated rings. The number of fused-ring (bicyclic) bond motifs is 3. The zero-order valence-electron chi connectivity index (χ0n) is 11.3. The predicted octanol–water partition coefficient (Wildman–Crippen LogP) is 4.02. The van der Waals surface area contributed by atoms with Gasteiger partial charge in [-0.05, 0) is 42.0 Å². The minimum Gasteiger partial charge on any atom is -0.257 e. The van der Waals surface area contributed by atoms with Gasteiger partial charge in [-0.1, -0.05) is 41.3 Å². The lowest BCUT2D eigenvalue weighted by molar-refractivity contribution is 0.633. The first-order valence-electron chi connectivity index (χ1n) is 7.06. The van der Waals surface area contributed by atoms with Crippen molar-refractivity contribution in [1.82, 2.24) is 0 Å². The summed E-state index contributed by atoms with van der Waals surface area (Å²) in [4.78, 5) is 4.60. The zero-order chi connectivity index (χ0) is 14.6. The Kier molecular flexibility index (Phi) is 2.93. The Balaban J connectivity index is 1.83. The molecule has 0 bridgehead atoms. The van der Waals surface area contributed by atoms with Gasteiger partial charge in [0.1, 0.15) is 13.7 Å². The maximum absolute atomic E-state index is 13.6. The van der Waals surface area contributed by atoms with E-state index in [1.807, 2.05) is 18.2 Å². The number of aliphatic imine (C=N–C) groups is 1. The minimum absolute atomic E-state index is 0.183. The molecule has 2 aliphatic rings. The van der Waals surface area contributed by atoms with Crippen molar-refractivity contribution in [3.05, 3.63) is 58.4 Å². The average molecular weight is 296 g/mol. The first-order chi connectivity index (χ1) is 10.1. The largest absolute Gasteiger partial charge is 0.257 e. The summed E-state index contributed by atoms with van der Waals surface area (Å²) in [6.45, 7) is 0. The molecule has 1 heterocycles. The van der Waals surface area contributed by atoms with Gasteiger partial charge in [0, 0.05) is 16.7 Å². The number of halogens is 2. The second kappa shape index (κ2) is 4.70. The fourth-order valence-corrected chi connectivity index (χ4v) is 3.86. The Labute approximate surface area is 129 Å². The molecule has 1 nitrogen and oxygen atoms in total. The highest BCUT2D eigenvalue weighted by atomic mass is 35.5. The monoisotopic (exact) mass is 295 g/mol. The zero-order valence-corrected chi connectivity index (χ0v) is 12.1. The van der Waals surface area contributed by atoms with E-state index < -0.39 is 5.82 Å². The third-order valence-electron chi connectivity index (χ3n) is 4.52. The molecule has 2 aromatic carbocycles. The molecule has 1 aliphatic heterocycles. The molecule has 0 N–H and O–H groups in total. The first kappa shape index (κ1) is 13.1. The summed E-state index contributed by atoms with van der Waals surface area (Å²) in [5.74, 6) is 0.0822. The third kappa shape index (κ3) is 1.95. The summed E-state index contributed by atoms with van der Waals surface area (Å²) in [5.41, 5.74) is 4.21. The first-order valence-corrected chi connectivity index (χ1v) is 7.44. The predicted molar refractivity (Wildman–Crippen MR) is 85.1 cm³/mol. The van der Waals surface area contributed by atoms with E-state index in [-0.39, 0.29) is 11.4 Å². The summed E-state index contributed by atoms with van der Waals surface area (Å²) < 4.78 is 13.6. The van der Waals surface area contributed by atoms with Crippen LogP contribution in [0.3, 0.4) is 0 Å². The second-order valence-corrected chi connectivity index (χ2v) is 6.09. The Morgan fingerprint density at radius 2 is 2.00 bits per heavy atom. The molecular formula is C17H12BClFN. The van der Waals surface area contributed by atoms with E-state index in [2.05, 4.69) is 11.1 Å². The van der Waals surface area contributed by atoms with Crippen LogP contribution in [0.2, 0.25) is 5.02 Å². The average Bonchev–Trinajstić information content (AvgIpc) is 3.00. The van der Waals surface area contributed by atoms with E-state index >= 15 is 0 Å². The number of benzene rings is 2. The normalized spacial score (nSPS) is 22.9. The van der Waals surface area contributed by atoms with Crippen molar-refractivity contribution in [2.45, 2.75) is 24.7 Å². The van der Waals surface area contributed by atoms with Gasteiger partial charge in [-0.2, -0.15) is 0 Å². The molecule has 2 atom stereocenters. The molecule has 0 spiro atoms. The molecule has 2 unspecified atom stereocenters. The SMILES string of the molecule is [B]c1cc2c(cc1F)N=C1CCC(c3ccccc3Cl)C12. The Morgan fingerprint density at radius 1 is 1.19 bits per heavy atom. The van der Waals surface area contributed by atoms with E-state index in [0.29, 0.717) is 5.92 Å². The summed E-state index contributed by atoms with van der Waals surface area (Å²) in [6.07, 6.45) is 1.95. The molecule has 1 aliphatic carbocycles. The van der Waals surface area contributed by atoms with Crippen LogP contribution in [0.1, 0.15) is 35.8 Å². The fourth-order valence-electron chi connectivity index (χ4n) is 3.59. The van der Waals surface area contributed by atoms with Crippen LogP contribution in [0.15, 0.2) is 41.4 Å². The number of nitrogens with zero attached hydrogens (tertiary/aromatic N) is 1. The topological polar surface area (TPSA) is 12.4 Å². The summed E-state index contributed by atoms with van der Waals surface area (Å²) in [7, 11) is 5.74. The van der Waals surface area contributed by atoms with Crippen LogP contribution in [-0.2, 0) is 0 Å². The van der Waals surface area contributed by atoms with Crippen LogP contribution in [0, 0.1) is 5.82 Å². The van der Waals surface area contributed by atoms with Gasteiger partial charge in [0.2, 0.25) is 0 Å². The van der Waals surface area contributed by atoms with Crippen molar-refractivity contribution in [2.24, 2.45) is 4.99 Å². The molecule has 4 heteroatoms. The quantitative estimate of drug-likeness (QED) is 0.705. The standard InChI is InChI=1S/C17H12BClFN/c18-12-7-11-16(8-14(12)20)21-15-6-5-10(17(11)15)9-3-1-2-4-13(9)19/h1-4,7-8,10,17H,5-6H2. The fraction of sp³-hybridized carbons (Fsp3) is 0.235. The molecule has 0 saturated heterocycles. The molecule has 4 rings (SSSR count). The highest BCUT2D eigenvalue weighted by Crippen LogP contribution is 2.52. The molecule has 21 heavy (non-hydrogen) atoms. The number of hydrogen-bond acceptors (Lipinski definition) is 1. The Morgan fingerprint density at radius 3 is 2.81 bits per heavy atom. The van der Waals surface area contributed by atoms with Crippen molar-refractivity contribution in [3.63, 3.8) is 0 Å². The Bertz CT molecular complexity index is 771. The van der Waals surface area contributed by atoms with Crippen molar-refractivity contribution < 1.29 is 4.39 Å². The maximum Gasteiger partial charge on any atom is 0.118 e. The molecular weight excluding hydrogens is 283 g/mol. The van der Waals surface area contributed by atoms with E-state index in [4.69, 9.17) is 19.4 Å². The van der Waals surface area contributed by atoms with Crippen LogP contribution in [0.5, 0.6) is 0 Å². The smallest absolute Gasteiger partial charge is 0.118 e. The molecule has 2 aromatic rings. The minimum atomic E-state index is -0.396. The van der Waals surface area contributed by atoms with Gasteiger partial charge < -0.3 is 0 Å². The van der Waals surface area contributed by atoms with E-state index in [0.717, 1.165) is 40.4 Å². The van der Waals surface area contributed by atoms with Crippen molar-refractivity contribution >= 4 is 36.3 Å². The van der Waals surface area contributed by atoms with Gasteiger partial charge in [0.15, 0.2) is 0 Å². The summed E-state index contributed by atoms with van der Waals surface area (Å²) >= 11 is 6.35. The van der Waals surface area contributed by atoms with Gasteiger partial charge in [-0.15, -0.1) is 0 Å². The van der Waals surface area contributed by atoms with E-state index in [9.17, 15) is 4.39 Å². The summed E-state index contributed by atoms with van der Waals surface area (Å²) in [5, 5.41) is 0.785. The van der Waals surface area contributed by atoms with Crippen LogP contribution in [0.25, 0.3) is 0 Å². The maximum atomic E-state index is 13.6. The van der Waals surface area contributed by atoms with Gasteiger partial charge in [0.05, 0.1) is 5.69 Å². The van der Waals surface area contributed by atoms with Crippen LogP contribution < -0.4 is 5.46 Å². The lowest BCUT2D eigenvalue weighted by Gasteiger charge is -2.20. The lowest BCUT2D eigenvalue weighted by Crippen LogP contribution is -2.13. The van der Waals surface area contributed by atoms with Crippen molar-refractivity contribution in [2.75, 3.05) is 0 Å². The lowest BCUT2D eigenvalue weighted by atomic mass is 9.81. The van der Waals surface area contributed by atoms with Crippen LogP contribution >= 0.6 is 11.6 Å². The van der Waals surface area contributed by atoms with Gasteiger partial charge in [-0.3, -0.25) is 4.99 Å². The summed E-state index contributed by atoms with van der Waals surface area (Å²) in [6, 6.07) is 11.1. The number of rotatable bonds is 1. The molecule has 102 valence electrons. The van der Waals surface area contributed by atoms with Gasteiger partial charge >= 0.3 is 0 Å². The van der Waals surface area contributed by atoms with Crippen molar-refractivity contribution in [3.8, 4) is 0 Å². The van der Waals surface area contributed by atoms with Crippen molar-refractivity contribution in [1.29, 1.82) is 0 Å². The van der Waals surface area contributed by atoms with Gasteiger partial charge in [-0.25, -0.2) is 4.39 Å². The molecule has 1 saturated carbocycles. The highest BCUT2D eigenvalue weighted by Gasteiger charge is 2.40. The third-order valence-corrected chi connectivity index (χ3v) is 4.87. The Hall–Kier alpha value is -1.61. The van der Waals surface area contributed by atoms with E-state index in [1.165, 1.54) is 6.07 Å². The molecule has 0 aromatic heterocycles. The number of hydrogen-bond donors (Lipinski definition) is 0. The van der Waals surface area contributed by atoms with Crippen LogP contribution in [0.4, 0.5) is 10.1 Å². The van der Waals surface area contributed by atoms with Crippen LogP contribution in [-0.4, -0.2) is 13.6 Å². The van der Waals surface area contributed by atoms with Gasteiger partial charge in [0.25, 0.3) is 0 Å².